The van der Waals surface area contributed by atoms with E-state index in [1.54, 1.807) is 13.8 Å². The molecule has 0 bridgehead atoms. The summed E-state index contributed by atoms with van der Waals surface area (Å²) >= 11 is 0. The number of amides is 3. The number of methoxy groups -OCH3 is 1. The maximum absolute atomic E-state index is 12.0. The molecule has 4 atom stereocenters. The molecule has 3 N–H and O–H groups in total. The first kappa shape index (κ1) is 15.2. The zero-order chi connectivity index (χ0) is 15.1. The minimum atomic E-state index is -1.04. The summed E-state index contributed by atoms with van der Waals surface area (Å²) in [5, 5.41) is 21.4. The highest BCUT2D eigenvalue weighted by atomic mass is 16.6. The molecule has 2 saturated heterocycles. The molecule has 0 unspecified atom stereocenters. The van der Waals surface area contributed by atoms with Gasteiger partial charge in [-0.25, -0.2) is 4.79 Å². The third-order valence-corrected chi connectivity index (χ3v) is 3.73. The molecule has 0 aromatic carbocycles. The summed E-state index contributed by atoms with van der Waals surface area (Å²) in [4.78, 5) is 25.0. The largest absolute Gasteiger partial charge is 0.394 e. The third-order valence-electron chi connectivity index (χ3n) is 3.73. The molecule has 2 aliphatic rings. The van der Waals surface area contributed by atoms with Gasteiger partial charge in [0.1, 0.15) is 18.3 Å². The molecule has 114 valence electrons. The van der Waals surface area contributed by atoms with Crippen molar-refractivity contribution in [3.05, 3.63) is 0 Å². The molecule has 0 radical (unpaired) electrons. The smallest absolute Gasteiger partial charge is 0.326 e. The van der Waals surface area contributed by atoms with Gasteiger partial charge in [0.15, 0.2) is 6.23 Å². The van der Waals surface area contributed by atoms with Crippen molar-refractivity contribution in [2.24, 2.45) is 5.41 Å². The van der Waals surface area contributed by atoms with Gasteiger partial charge in [0, 0.05) is 13.7 Å². The lowest BCUT2D eigenvalue weighted by molar-refractivity contribution is -0.138. The number of nitrogens with zero attached hydrogens (tertiary/aromatic N) is 1. The van der Waals surface area contributed by atoms with Crippen molar-refractivity contribution in [1.82, 2.24) is 10.2 Å². The molecule has 8 heteroatoms. The fourth-order valence-corrected chi connectivity index (χ4v) is 2.49. The summed E-state index contributed by atoms with van der Waals surface area (Å²) in [6.07, 6.45) is -3.48. The quantitative estimate of drug-likeness (QED) is 0.593. The fourth-order valence-electron chi connectivity index (χ4n) is 2.49. The first-order chi connectivity index (χ1) is 9.31. The van der Waals surface area contributed by atoms with Gasteiger partial charge in [-0.1, -0.05) is 0 Å². The van der Waals surface area contributed by atoms with E-state index in [-0.39, 0.29) is 19.1 Å². The zero-order valence-electron chi connectivity index (χ0n) is 11.7. The number of aliphatic hydroxyl groups is 2. The Morgan fingerprint density at radius 1 is 1.50 bits per heavy atom. The fraction of sp³-hybridized carbons (Fsp3) is 0.833. The summed E-state index contributed by atoms with van der Waals surface area (Å²) in [5.41, 5.74) is -0.766. The number of ether oxygens (including phenoxy) is 2. The van der Waals surface area contributed by atoms with E-state index < -0.39 is 36.0 Å². The molecule has 20 heavy (non-hydrogen) atoms. The van der Waals surface area contributed by atoms with Crippen LogP contribution in [-0.2, 0) is 14.3 Å². The Bertz CT molecular complexity index is 413. The second-order valence-corrected chi connectivity index (χ2v) is 5.71. The number of rotatable bonds is 3. The van der Waals surface area contributed by atoms with E-state index in [0.717, 1.165) is 0 Å². The summed E-state index contributed by atoms with van der Waals surface area (Å²) in [7, 11) is 1.39. The lowest BCUT2D eigenvalue weighted by Gasteiger charge is -2.40. The van der Waals surface area contributed by atoms with E-state index in [2.05, 4.69) is 5.32 Å². The molecule has 0 aromatic rings. The minimum Gasteiger partial charge on any atom is -0.394 e. The Kier molecular flexibility index (Phi) is 4.01. The monoisotopic (exact) mass is 288 g/mol. The molecular formula is C12H20N2O6. The Labute approximate surface area is 116 Å². The molecule has 0 aliphatic carbocycles. The van der Waals surface area contributed by atoms with Gasteiger partial charge in [-0.2, -0.15) is 0 Å². The van der Waals surface area contributed by atoms with Gasteiger partial charge in [-0.05, 0) is 13.8 Å². The van der Waals surface area contributed by atoms with Crippen molar-refractivity contribution in [2.45, 2.75) is 38.4 Å². The molecule has 3 amide bonds. The van der Waals surface area contributed by atoms with Crippen molar-refractivity contribution in [3.8, 4) is 0 Å². The number of imide groups is 1. The summed E-state index contributed by atoms with van der Waals surface area (Å²) in [6, 6.07) is -0.591. The minimum absolute atomic E-state index is 0.146. The Hall–Kier alpha value is -1.22. The van der Waals surface area contributed by atoms with Crippen LogP contribution in [0.25, 0.3) is 0 Å². The van der Waals surface area contributed by atoms with Crippen molar-refractivity contribution < 1.29 is 29.3 Å². The van der Waals surface area contributed by atoms with Gasteiger partial charge in [-0.3, -0.25) is 15.0 Å². The number of nitrogens with one attached hydrogen (secondary N) is 1. The van der Waals surface area contributed by atoms with Crippen LogP contribution in [0, 0.1) is 5.41 Å². The Morgan fingerprint density at radius 3 is 2.70 bits per heavy atom. The van der Waals surface area contributed by atoms with Crippen LogP contribution in [0.5, 0.6) is 0 Å². The molecule has 2 heterocycles. The number of aliphatic hydroxyl groups excluding tert-OH is 2. The normalized spacial score (nSPS) is 37.1. The van der Waals surface area contributed by atoms with Crippen LogP contribution in [-0.4, -0.2) is 71.9 Å². The number of carbonyl (C=O) groups excluding carboxylic acids is 2. The van der Waals surface area contributed by atoms with E-state index in [0.29, 0.717) is 0 Å². The van der Waals surface area contributed by atoms with Crippen LogP contribution in [0.2, 0.25) is 0 Å². The highest BCUT2D eigenvalue weighted by molar-refractivity contribution is 5.99. The van der Waals surface area contributed by atoms with Crippen molar-refractivity contribution >= 4 is 11.9 Å². The second-order valence-electron chi connectivity index (χ2n) is 5.71. The first-order valence-electron chi connectivity index (χ1n) is 6.41. The number of carbonyl (C=O) groups is 2. The van der Waals surface area contributed by atoms with Crippen molar-refractivity contribution in [2.75, 3.05) is 20.3 Å². The van der Waals surface area contributed by atoms with Crippen LogP contribution in [0.3, 0.4) is 0 Å². The molecule has 0 aromatic heterocycles. The van der Waals surface area contributed by atoms with Gasteiger partial charge >= 0.3 is 6.03 Å². The predicted octanol–water partition coefficient (Wildman–Crippen LogP) is -1.34. The molecule has 2 fully saturated rings. The SMILES string of the molecule is CO[C@@H]1[C@H](O)[C@@H](CO)O[C@H]1N1CC(C)(C)C(=O)NC1=O. The maximum atomic E-state index is 12.0. The molecular weight excluding hydrogens is 268 g/mol. The maximum Gasteiger partial charge on any atom is 0.326 e. The second kappa shape index (κ2) is 5.28. The molecule has 8 nitrogen and oxygen atoms in total. The van der Waals surface area contributed by atoms with E-state index in [1.165, 1.54) is 12.0 Å². The van der Waals surface area contributed by atoms with E-state index in [9.17, 15) is 14.7 Å². The topological polar surface area (TPSA) is 108 Å². The summed E-state index contributed by atoms with van der Waals surface area (Å²) in [5.74, 6) is -0.357. The van der Waals surface area contributed by atoms with Crippen LogP contribution in [0.15, 0.2) is 0 Å². The van der Waals surface area contributed by atoms with Crippen LogP contribution < -0.4 is 5.32 Å². The van der Waals surface area contributed by atoms with Crippen LogP contribution >= 0.6 is 0 Å². The van der Waals surface area contributed by atoms with E-state index >= 15 is 0 Å². The average Bonchev–Trinajstić information content (AvgIpc) is 2.70. The van der Waals surface area contributed by atoms with Gasteiger partial charge in [0.05, 0.1) is 12.0 Å². The third kappa shape index (κ3) is 2.39. The molecule has 0 spiro atoms. The molecule has 2 rings (SSSR count). The zero-order valence-corrected chi connectivity index (χ0v) is 11.7. The first-order valence-corrected chi connectivity index (χ1v) is 6.41. The lowest BCUT2D eigenvalue weighted by Crippen LogP contribution is -2.63. The summed E-state index contributed by atoms with van der Waals surface area (Å²) in [6.45, 7) is 3.18. The van der Waals surface area contributed by atoms with Gasteiger partial charge in [0.2, 0.25) is 5.91 Å². The van der Waals surface area contributed by atoms with Crippen LogP contribution in [0.4, 0.5) is 4.79 Å². The lowest BCUT2D eigenvalue weighted by atomic mass is 9.89. The predicted molar refractivity (Wildman–Crippen MR) is 66.6 cm³/mol. The van der Waals surface area contributed by atoms with Gasteiger partial charge < -0.3 is 19.7 Å². The van der Waals surface area contributed by atoms with Gasteiger partial charge in [-0.15, -0.1) is 0 Å². The highest BCUT2D eigenvalue weighted by Crippen LogP contribution is 2.30. The van der Waals surface area contributed by atoms with Crippen molar-refractivity contribution in [1.29, 1.82) is 0 Å². The Balaban J connectivity index is 2.21. The van der Waals surface area contributed by atoms with Crippen LogP contribution in [0.1, 0.15) is 13.8 Å². The standard InChI is InChI=1S/C12H20N2O6/c1-12(2)5-14(11(18)13-10(12)17)9-8(19-3)7(16)6(4-15)20-9/h6-9,15-16H,4-5H2,1-3H3,(H,13,17,18)/t6-,7-,8-,9-/m1/s1. The van der Waals surface area contributed by atoms with E-state index in [1.807, 2.05) is 0 Å². The van der Waals surface area contributed by atoms with Gasteiger partial charge in [0.25, 0.3) is 0 Å². The Morgan fingerprint density at radius 2 is 2.15 bits per heavy atom. The van der Waals surface area contributed by atoms with E-state index in [4.69, 9.17) is 14.6 Å². The van der Waals surface area contributed by atoms with Crippen molar-refractivity contribution in [3.63, 3.8) is 0 Å². The summed E-state index contributed by atoms with van der Waals surface area (Å²) < 4.78 is 10.7. The molecule has 2 aliphatic heterocycles. The highest BCUT2D eigenvalue weighted by Gasteiger charge is 2.51. The number of urea groups is 1. The molecule has 0 saturated carbocycles. The number of hydrogen-bond donors (Lipinski definition) is 3. The average molecular weight is 288 g/mol. The number of hydrogen-bond acceptors (Lipinski definition) is 6.